The van der Waals surface area contributed by atoms with E-state index in [-0.39, 0.29) is 0 Å². The lowest BCUT2D eigenvalue weighted by Gasteiger charge is -1.84. The largest absolute Gasteiger partial charge is 0.465 e. The van der Waals surface area contributed by atoms with Gasteiger partial charge in [0.15, 0.2) is 0 Å². The lowest BCUT2D eigenvalue weighted by molar-refractivity contribution is 0.484. The van der Waals surface area contributed by atoms with Crippen LogP contribution in [0.1, 0.15) is 30.9 Å². The van der Waals surface area contributed by atoms with Gasteiger partial charge < -0.3 is 10.2 Å². The SMILES string of the molecule is CC.Cc1cc(CN)oc1C. The lowest BCUT2D eigenvalue weighted by Crippen LogP contribution is -1.92. The van der Waals surface area contributed by atoms with Gasteiger partial charge in [0.05, 0.1) is 6.54 Å². The molecular formula is C9H17NO. The zero-order valence-corrected chi connectivity index (χ0v) is 7.77. The molecule has 0 aliphatic heterocycles. The summed E-state index contributed by atoms with van der Waals surface area (Å²) >= 11 is 0. The lowest BCUT2D eigenvalue weighted by atomic mass is 10.3. The summed E-state index contributed by atoms with van der Waals surface area (Å²) in [7, 11) is 0. The maximum Gasteiger partial charge on any atom is 0.117 e. The summed E-state index contributed by atoms with van der Waals surface area (Å²) in [5.41, 5.74) is 6.51. The molecule has 2 heteroatoms. The molecule has 0 bridgehead atoms. The fourth-order valence-corrected chi connectivity index (χ4v) is 0.750. The average Bonchev–Trinajstić information content (AvgIpc) is 2.36. The van der Waals surface area contributed by atoms with E-state index in [0.29, 0.717) is 6.54 Å². The molecule has 0 saturated carbocycles. The molecule has 1 aromatic heterocycles. The maximum atomic E-state index is 5.34. The van der Waals surface area contributed by atoms with Crippen LogP contribution in [0.25, 0.3) is 0 Å². The summed E-state index contributed by atoms with van der Waals surface area (Å²) in [5, 5.41) is 0. The Morgan fingerprint density at radius 2 is 1.91 bits per heavy atom. The third kappa shape index (κ3) is 2.76. The van der Waals surface area contributed by atoms with Gasteiger partial charge in [-0.3, -0.25) is 0 Å². The van der Waals surface area contributed by atoms with Gasteiger partial charge in [-0.05, 0) is 25.5 Å². The molecule has 2 N–H and O–H groups in total. The molecule has 11 heavy (non-hydrogen) atoms. The van der Waals surface area contributed by atoms with E-state index >= 15 is 0 Å². The Hall–Kier alpha value is -0.760. The standard InChI is InChI=1S/C7H11NO.C2H6/c1-5-3-7(4-8)9-6(5)2;1-2/h3H,4,8H2,1-2H3;1-2H3. The van der Waals surface area contributed by atoms with E-state index in [1.807, 2.05) is 33.8 Å². The van der Waals surface area contributed by atoms with Crippen LogP contribution >= 0.6 is 0 Å². The van der Waals surface area contributed by atoms with E-state index < -0.39 is 0 Å². The molecule has 0 radical (unpaired) electrons. The molecule has 0 spiro atoms. The zero-order valence-electron chi connectivity index (χ0n) is 7.77. The van der Waals surface area contributed by atoms with E-state index in [1.54, 1.807) is 0 Å². The van der Waals surface area contributed by atoms with Gasteiger partial charge >= 0.3 is 0 Å². The quantitative estimate of drug-likeness (QED) is 0.676. The third-order valence-corrected chi connectivity index (χ3v) is 1.42. The Kier molecular flexibility index (Phi) is 4.62. The van der Waals surface area contributed by atoms with Crippen molar-refractivity contribution in [3.05, 3.63) is 23.2 Å². The van der Waals surface area contributed by atoms with Gasteiger partial charge in [0.2, 0.25) is 0 Å². The molecule has 1 aromatic rings. The van der Waals surface area contributed by atoms with Gasteiger partial charge in [-0.15, -0.1) is 0 Å². The molecule has 0 aliphatic rings. The maximum absolute atomic E-state index is 5.34. The number of rotatable bonds is 1. The third-order valence-electron chi connectivity index (χ3n) is 1.42. The van der Waals surface area contributed by atoms with Crippen molar-refractivity contribution >= 4 is 0 Å². The zero-order chi connectivity index (χ0) is 8.85. The molecule has 0 amide bonds. The highest BCUT2D eigenvalue weighted by Crippen LogP contribution is 2.11. The summed E-state index contributed by atoms with van der Waals surface area (Å²) in [6.07, 6.45) is 0. The molecule has 0 fully saturated rings. The predicted molar refractivity (Wildman–Crippen MR) is 47.4 cm³/mol. The minimum absolute atomic E-state index is 0.495. The molecule has 1 heterocycles. The van der Waals surface area contributed by atoms with Crippen molar-refractivity contribution in [2.24, 2.45) is 5.73 Å². The minimum Gasteiger partial charge on any atom is -0.465 e. The van der Waals surface area contributed by atoms with Gasteiger partial charge in [0.25, 0.3) is 0 Å². The van der Waals surface area contributed by atoms with E-state index in [0.717, 1.165) is 11.5 Å². The Morgan fingerprint density at radius 1 is 1.36 bits per heavy atom. The van der Waals surface area contributed by atoms with Crippen molar-refractivity contribution < 1.29 is 4.42 Å². The van der Waals surface area contributed by atoms with Crippen LogP contribution < -0.4 is 5.73 Å². The highest BCUT2D eigenvalue weighted by molar-refractivity contribution is 5.18. The highest BCUT2D eigenvalue weighted by Gasteiger charge is 1.98. The normalized spacial score (nSPS) is 8.82. The first-order valence-electron chi connectivity index (χ1n) is 4.00. The van der Waals surface area contributed by atoms with Gasteiger partial charge in [-0.25, -0.2) is 0 Å². The molecule has 0 aromatic carbocycles. The van der Waals surface area contributed by atoms with Crippen molar-refractivity contribution in [2.75, 3.05) is 0 Å². The van der Waals surface area contributed by atoms with Crippen LogP contribution in [-0.2, 0) is 6.54 Å². The first-order chi connectivity index (χ1) is 5.24. The second-order valence-electron chi connectivity index (χ2n) is 2.16. The highest BCUT2D eigenvalue weighted by atomic mass is 16.3. The molecule has 0 saturated heterocycles. The number of aryl methyl sites for hydroxylation is 2. The van der Waals surface area contributed by atoms with Crippen LogP contribution in [0.15, 0.2) is 10.5 Å². The van der Waals surface area contributed by atoms with Crippen LogP contribution in [0.5, 0.6) is 0 Å². The van der Waals surface area contributed by atoms with Gasteiger partial charge in [0, 0.05) is 0 Å². The molecule has 2 nitrogen and oxygen atoms in total. The Morgan fingerprint density at radius 3 is 2.09 bits per heavy atom. The molecule has 1 rings (SSSR count). The van der Waals surface area contributed by atoms with Crippen LogP contribution in [-0.4, -0.2) is 0 Å². The summed E-state index contributed by atoms with van der Waals surface area (Å²) in [5.74, 6) is 1.83. The minimum atomic E-state index is 0.495. The monoisotopic (exact) mass is 155 g/mol. The smallest absolute Gasteiger partial charge is 0.117 e. The Balaban J connectivity index is 0.000000461. The van der Waals surface area contributed by atoms with Crippen molar-refractivity contribution in [3.63, 3.8) is 0 Å². The summed E-state index contributed by atoms with van der Waals surface area (Å²) in [6.45, 7) is 8.45. The first kappa shape index (κ1) is 10.2. The van der Waals surface area contributed by atoms with Crippen LogP contribution in [0.3, 0.4) is 0 Å². The summed E-state index contributed by atoms with van der Waals surface area (Å²) in [6, 6.07) is 1.97. The van der Waals surface area contributed by atoms with Crippen molar-refractivity contribution in [3.8, 4) is 0 Å². The topological polar surface area (TPSA) is 39.2 Å². The fourth-order valence-electron chi connectivity index (χ4n) is 0.750. The molecular weight excluding hydrogens is 138 g/mol. The van der Waals surface area contributed by atoms with E-state index in [1.165, 1.54) is 5.56 Å². The van der Waals surface area contributed by atoms with E-state index in [4.69, 9.17) is 10.2 Å². The van der Waals surface area contributed by atoms with Crippen molar-refractivity contribution in [2.45, 2.75) is 34.2 Å². The van der Waals surface area contributed by atoms with Gasteiger partial charge in [-0.1, -0.05) is 13.8 Å². The Bertz CT molecular complexity index is 184. The van der Waals surface area contributed by atoms with E-state index in [2.05, 4.69) is 0 Å². The number of hydrogen-bond donors (Lipinski definition) is 1. The second kappa shape index (κ2) is 4.97. The van der Waals surface area contributed by atoms with Crippen molar-refractivity contribution in [1.29, 1.82) is 0 Å². The van der Waals surface area contributed by atoms with Crippen LogP contribution in [0.2, 0.25) is 0 Å². The van der Waals surface area contributed by atoms with Crippen LogP contribution in [0, 0.1) is 13.8 Å². The molecule has 0 unspecified atom stereocenters. The number of hydrogen-bond acceptors (Lipinski definition) is 2. The van der Waals surface area contributed by atoms with Gasteiger partial charge in [-0.2, -0.15) is 0 Å². The molecule has 0 atom stereocenters. The average molecular weight is 155 g/mol. The van der Waals surface area contributed by atoms with Crippen LogP contribution in [0.4, 0.5) is 0 Å². The fraction of sp³-hybridized carbons (Fsp3) is 0.556. The first-order valence-corrected chi connectivity index (χ1v) is 4.00. The number of nitrogens with two attached hydrogens (primary N) is 1. The number of furan rings is 1. The summed E-state index contributed by atoms with van der Waals surface area (Å²) < 4.78 is 5.24. The second-order valence-corrected chi connectivity index (χ2v) is 2.16. The molecule has 64 valence electrons. The summed E-state index contributed by atoms with van der Waals surface area (Å²) in [4.78, 5) is 0. The predicted octanol–water partition coefficient (Wildman–Crippen LogP) is 2.38. The Labute approximate surface area is 68.4 Å². The van der Waals surface area contributed by atoms with E-state index in [9.17, 15) is 0 Å². The van der Waals surface area contributed by atoms with Crippen molar-refractivity contribution in [1.82, 2.24) is 0 Å². The molecule has 0 aliphatic carbocycles. The van der Waals surface area contributed by atoms with Gasteiger partial charge in [0.1, 0.15) is 11.5 Å².